The van der Waals surface area contributed by atoms with Gasteiger partial charge in [-0.15, -0.1) is 0 Å². The van der Waals surface area contributed by atoms with Crippen LogP contribution in [0.2, 0.25) is 0 Å². The first-order valence-corrected chi connectivity index (χ1v) is 6.58. The fraction of sp³-hybridized carbons (Fsp3) is 0.692. The van der Waals surface area contributed by atoms with Crippen LogP contribution in [0.1, 0.15) is 41.9 Å². The summed E-state index contributed by atoms with van der Waals surface area (Å²) < 4.78 is 12.1. The van der Waals surface area contributed by atoms with Crippen molar-refractivity contribution in [1.82, 2.24) is 10.6 Å². The lowest BCUT2D eigenvalue weighted by atomic mass is 10.1. The van der Waals surface area contributed by atoms with Crippen LogP contribution < -0.4 is 16.4 Å². The Hall–Kier alpha value is -2.32. The molecule has 0 spiro atoms. The van der Waals surface area contributed by atoms with Gasteiger partial charge < -0.3 is 26.2 Å². The summed E-state index contributed by atoms with van der Waals surface area (Å²) in [5.74, 6) is -2.75. The number of aliphatic carboxylic acids is 1. The third-order valence-electron chi connectivity index (χ3n) is 2.39. The molecule has 9 nitrogen and oxygen atoms in total. The van der Waals surface area contributed by atoms with Crippen LogP contribution in [0, 0.1) is 0 Å². The molecule has 126 valence electrons. The lowest BCUT2D eigenvalue weighted by Crippen LogP contribution is -2.51. The molecule has 0 saturated heterocycles. The summed E-state index contributed by atoms with van der Waals surface area (Å²) in [7, 11) is 0. The monoisotopic (exact) mass is 318 g/mol. The summed E-state index contributed by atoms with van der Waals surface area (Å²) >= 11 is 0. The molecular formula is C13H23N3O6. The summed E-state index contributed by atoms with van der Waals surface area (Å²) in [6.07, 6.45) is -1.24. The van der Waals surface area contributed by atoms with E-state index in [1.807, 2.05) is 0 Å². The average Bonchev–Trinajstić information content (AvgIpc) is 2.41. The molecule has 0 heterocycles. The summed E-state index contributed by atoms with van der Waals surface area (Å²) in [4.78, 5) is 45.2. The van der Waals surface area contributed by atoms with E-state index >= 15 is 0 Å². The van der Waals surface area contributed by atoms with Gasteiger partial charge in [0, 0.05) is 7.79 Å². The van der Waals surface area contributed by atoms with Gasteiger partial charge in [-0.1, -0.05) is 0 Å². The van der Waals surface area contributed by atoms with Crippen LogP contribution in [0.25, 0.3) is 0 Å². The van der Waals surface area contributed by atoms with E-state index in [-0.39, 0.29) is 19.7 Å². The van der Waals surface area contributed by atoms with Crippen LogP contribution in [0.4, 0.5) is 4.79 Å². The first-order chi connectivity index (χ1) is 10.5. The quantitative estimate of drug-likeness (QED) is 0.508. The molecule has 0 aliphatic carbocycles. The number of alkyl carbamates (subject to hydrolysis) is 1. The van der Waals surface area contributed by atoms with E-state index in [0.29, 0.717) is 0 Å². The van der Waals surface area contributed by atoms with Crippen LogP contribution in [-0.4, -0.2) is 46.7 Å². The Labute approximate surface area is 130 Å². The molecule has 0 radical (unpaired) electrons. The summed E-state index contributed by atoms with van der Waals surface area (Å²) in [5.41, 5.74) is 3.93. The number of hydrogen-bond donors (Lipinski definition) is 4. The highest BCUT2D eigenvalue weighted by molar-refractivity contribution is 5.89. The highest BCUT2D eigenvalue weighted by Crippen LogP contribution is 2.06. The summed E-state index contributed by atoms with van der Waals surface area (Å²) in [5, 5.41) is 13.4. The van der Waals surface area contributed by atoms with Crippen molar-refractivity contribution >= 4 is 23.9 Å². The molecule has 2 atom stereocenters. The van der Waals surface area contributed by atoms with Gasteiger partial charge in [-0.3, -0.25) is 9.59 Å². The number of ether oxygens (including phenoxy) is 1. The van der Waals surface area contributed by atoms with E-state index in [1.54, 1.807) is 0 Å². The molecule has 0 aromatic carbocycles. The van der Waals surface area contributed by atoms with Gasteiger partial charge in [-0.25, -0.2) is 9.59 Å². The van der Waals surface area contributed by atoms with Crippen LogP contribution in [0.3, 0.4) is 0 Å². The van der Waals surface area contributed by atoms with Gasteiger partial charge in [-0.2, -0.15) is 0 Å². The summed E-state index contributed by atoms with van der Waals surface area (Å²) in [6.45, 7) is 4.26. The van der Waals surface area contributed by atoms with Crippen molar-refractivity contribution in [3.05, 3.63) is 0 Å². The predicted octanol–water partition coefficient (Wildman–Crippen LogP) is -0.265. The van der Waals surface area contributed by atoms with E-state index in [9.17, 15) is 19.2 Å². The summed E-state index contributed by atoms with van der Waals surface area (Å²) in [6, 6.07) is -2.35. The number of hydrogen-bond acceptors (Lipinski definition) is 5. The molecular weight excluding hydrogens is 294 g/mol. The molecule has 0 aliphatic heterocycles. The van der Waals surface area contributed by atoms with Crippen molar-refractivity contribution in [1.29, 1.82) is 0 Å². The maximum Gasteiger partial charge on any atom is 0.408 e. The molecule has 0 fully saturated rings. The van der Waals surface area contributed by atoms with Gasteiger partial charge in [0.25, 0.3) is 0 Å². The maximum atomic E-state index is 11.9. The third kappa shape index (κ3) is 8.77. The van der Waals surface area contributed by atoms with Crippen molar-refractivity contribution < 1.29 is 30.4 Å². The van der Waals surface area contributed by atoms with Gasteiger partial charge in [0.1, 0.15) is 17.7 Å². The normalized spacial score (nSPS) is 14.2. The highest BCUT2D eigenvalue weighted by Gasteiger charge is 2.25. The van der Waals surface area contributed by atoms with E-state index in [0.717, 1.165) is 0 Å². The molecule has 9 heteroatoms. The minimum atomic E-state index is -1.32. The number of amides is 3. The number of nitrogens with one attached hydrogen (secondary N) is 2. The zero-order valence-corrected chi connectivity index (χ0v) is 12.8. The Morgan fingerprint density at radius 2 is 1.91 bits per heavy atom. The number of carbonyl (C=O) groups is 4. The van der Waals surface area contributed by atoms with Gasteiger partial charge in [0.15, 0.2) is 0 Å². The molecule has 0 rings (SSSR count). The Bertz CT molecular complexity index is 469. The average molecular weight is 318 g/mol. The van der Waals surface area contributed by atoms with E-state index in [1.165, 1.54) is 20.8 Å². The highest BCUT2D eigenvalue weighted by atomic mass is 16.6. The number of primary amides is 1. The fourth-order valence-electron chi connectivity index (χ4n) is 1.36. The Morgan fingerprint density at radius 1 is 1.32 bits per heavy atom. The minimum Gasteiger partial charge on any atom is -0.480 e. The maximum absolute atomic E-state index is 11.9. The van der Waals surface area contributed by atoms with Gasteiger partial charge in [0.2, 0.25) is 11.8 Å². The third-order valence-corrected chi connectivity index (χ3v) is 2.39. The van der Waals surface area contributed by atoms with E-state index in [2.05, 4.69) is 10.6 Å². The van der Waals surface area contributed by atoms with Crippen molar-refractivity contribution in [2.45, 2.75) is 58.2 Å². The number of nitrogens with two attached hydrogens (primary N) is 1. The van der Waals surface area contributed by atoms with Crippen molar-refractivity contribution in [2.24, 2.45) is 5.73 Å². The van der Waals surface area contributed by atoms with Crippen molar-refractivity contribution in [3.8, 4) is 0 Å². The molecule has 0 bridgehead atoms. The van der Waals surface area contributed by atoms with Crippen LogP contribution in [-0.2, 0) is 19.1 Å². The van der Waals surface area contributed by atoms with Gasteiger partial charge >= 0.3 is 12.1 Å². The number of carboxylic acids is 1. The molecule has 5 N–H and O–H groups in total. The smallest absolute Gasteiger partial charge is 0.408 e. The standard InChI is InChI=1S/C13H23N3O6/c1-7(15-12(21)22-13(2,3)4)10(18)16-8(11(19)20)5-6-9(14)17/h7-8H,5-6H2,1-4H3,(H2,14,17)(H,15,21)(H,16,18)(H,19,20)/t7-,8-/m0/s1/i2D. The topological polar surface area (TPSA) is 148 Å². The minimum absolute atomic E-state index is 0.153. The number of carboxylic acid groups (broad SMARTS) is 1. The fourth-order valence-corrected chi connectivity index (χ4v) is 1.36. The molecule has 0 aromatic rings. The van der Waals surface area contributed by atoms with Gasteiger partial charge in [-0.05, 0) is 34.1 Å². The SMILES string of the molecule is [2H]CC(C)(C)OC(=O)N[C@@H](C)C(=O)N[C@@H](CCC(N)=O)C(=O)O. The Balaban J connectivity index is 4.54. The lowest BCUT2D eigenvalue weighted by molar-refractivity contribution is -0.142. The first kappa shape index (κ1) is 17.7. The van der Waals surface area contributed by atoms with Crippen LogP contribution in [0.15, 0.2) is 0 Å². The van der Waals surface area contributed by atoms with Gasteiger partial charge in [0.05, 0.1) is 0 Å². The van der Waals surface area contributed by atoms with Crippen LogP contribution >= 0.6 is 0 Å². The number of rotatable bonds is 7. The molecule has 0 aromatic heterocycles. The molecule has 0 saturated carbocycles. The first-order valence-electron chi connectivity index (χ1n) is 7.29. The molecule has 3 amide bonds. The van der Waals surface area contributed by atoms with Crippen molar-refractivity contribution in [2.75, 3.05) is 0 Å². The van der Waals surface area contributed by atoms with E-state index in [4.69, 9.17) is 16.9 Å². The second-order valence-corrected chi connectivity index (χ2v) is 5.42. The number of carbonyl (C=O) groups excluding carboxylic acids is 3. The van der Waals surface area contributed by atoms with E-state index < -0.39 is 41.6 Å². The van der Waals surface area contributed by atoms with Crippen LogP contribution in [0.5, 0.6) is 0 Å². The lowest BCUT2D eigenvalue weighted by Gasteiger charge is -2.22. The molecule has 0 aliphatic rings. The Morgan fingerprint density at radius 3 is 2.36 bits per heavy atom. The Kier molecular flexibility index (Phi) is 6.61. The van der Waals surface area contributed by atoms with Crippen molar-refractivity contribution in [3.63, 3.8) is 0 Å². The zero-order chi connectivity index (χ0) is 18.2. The zero-order valence-electron chi connectivity index (χ0n) is 13.8. The second-order valence-electron chi connectivity index (χ2n) is 5.42. The predicted molar refractivity (Wildman–Crippen MR) is 76.8 cm³/mol. The molecule has 22 heavy (non-hydrogen) atoms. The second kappa shape index (κ2) is 8.20. The molecule has 0 unspecified atom stereocenters. The largest absolute Gasteiger partial charge is 0.480 e.